The van der Waals surface area contributed by atoms with Crippen molar-refractivity contribution in [2.24, 2.45) is 0 Å². The van der Waals surface area contributed by atoms with Crippen LogP contribution in [-0.2, 0) is 0 Å². The van der Waals surface area contributed by atoms with Gasteiger partial charge in [0.2, 0.25) is 0 Å². The third-order valence-corrected chi connectivity index (χ3v) is 6.30. The number of rotatable bonds is 2. The van der Waals surface area contributed by atoms with Crippen LogP contribution in [0.4, 0.5) is 0 Å². The second-order valence-corrected chi connectivity index (χ2v) is 13.3. The lowest BCUT2D eigenvalue weighted by atomic mass is 10.3. The first-order chi connectivity index (χ1) is 6.73. The summed E-state index contributed by atoms with van der Waals surface area (Å²) in [4.78, 5) is 0. The first-order valence-electron chi connectivity index (χ1n) is 5.30. The Morgan fingerprint density at radius 2 is 1.53 bits per heavy atom. The number of aromatic hydroxyl groups is 2. The minimum atomic E-state index is -1.56. The van der Waals surface area contributed by atoms with Gasteiger partial charge in [-0.15, -0.1) is 0 Å². The number of hydrogen-bond acceptors (Lipinski definition) is 2. The van der Waals surface area contributed by atoms with Gasteiger partial charge in [0.25, 0.3) is 0 Å². The van der Waals surface area contributed by atoms with E-state index in [1.54, 1.807) is 12.1 Å². The molecule has 15 heavy (non-hydrogen) atoms. The maximum Gasteiger partial charge on any atom is 0.114 e. The molecule has 1 rings (SSSR count). The monoisotopic (exact) mass is 240 g/mol. The molecule has 0 radical (unpaired) electrons. The van der Waals surface area contributed by atoms with Crippen LogP contribution in [0.1, 0.15) is 0 Å². The quantitative estimate of drug-likeness (QED) is 0.605. The van der Waals surface area contributed by atoms with E-state index in [0.717, 1.165) is 10.4 Å². The van der Waals surface area contributed by atoms with Crippen LogP contribution in [0.15, 0.2) is 12.1 Å². The van der Waals surface area contributed by atoms with Crippen molar-refractivity contribution in [2.75, 3.05) is 0 Å². The lowest BCUT2D eigenvalue weighted by Crippen LogP contribution is -2.39. The van der Waals surface area contributed by atoms with Crippen LogP contribution >= 0.6 is 0 Å². The van der Waals surface area contributed by atoms with Crippen molar-refractivity contribution in [1.29, 1.82) is 0 Å². The highest BCUT2D eigenvalue weighted by Crippen LogP contribution is 2.17. The molecule has 0 heterocycles. The van der Waals surface area contributed by atoms with Crippen LogP contribution in [0.25, 0.3) is 0 Å². The molecular weight excluding hydrogens is 220 g/mol. The molecule has 0 aliphatic rings. The SMILES string of the molecule is C[SiH](C)c1cc(O)c([Si](C)(C)C)cc1O. The van der Waals surface area contributed by atoms with Crippen LogP contribution in [-0.4, -0.2) is 27.1 Å². The summed E-state index contributed by atoms with van der Waals surface area (Å²) >= 11 is 0. The van der Waals surface area contributed by atoms with E-state index >= 15 is 0 Å². The maximum atomic E-state index is 9.95. The molecule has 0 amide bonds. The van der Waals surface area contributed by atoms with Crippen molar-refractivity contribution >= 4 is 27.2 Å². The van der Waals surface area contributed by atoms with E-state index in [4.69, 9.17) is 0 Å². The zero-order valence-corrected chi connectivity index (χ0v) is 12.3. The third kappa shape index (κ3) is 2.63. The molecule has 4 heteroatoms. The molecule has 2 N–H and O–H groups in total. The van der Waals surface area contributed by atoms with Gasteiger partial charge in [-0.1, -0.05) is 32.7 Å². The Hall–Kier alpha value is -0.746. The van der Waals surface area contributed by atoms with Crippen LogP contribution in [0.2, 0.25) is 32.7 Å². The molecular formula is C11H20O2Si2. The zero-order chi connectivity index (χ0) is 11.8. The summed E-state index contributed by atoms with van der Waals surface area (Å²) in [6.45, 7) is 10.8. The average molecular weight is 240 g/mol. The van der Waals surface area contributed by atoms with Gasteiger partial charge in [-0.05, 0) is 22.5 Å². The number of phenols is 2. The number of hydrogen-bond donors (Lipinski definition) is 2. The summed E-state index contributed by atoms with van der Waals surface area (Å²) in [6.07, 6.45) is 0. The minimum Gasteiger partial charge on any atom is -0.508 e. The van der Waals surface area contributed by atoms with Gasteiger partial charge in [-0.25, -0.2) is 0 Å². The molecule has 0 saturated heterocycles. The first-order valence-corrected chi connectivity index (χ1v) is 11.7. The van der Waals surface area contributed by atoms with Crippen LogP contribution < -0.4 is 10.4 Å². The van der Waals surface area contributed by atoms with Crippen molar-refractivity contribution < 1.29 is 10.2 Å². The first kappa shape index (κ1) is 12.3. The Kier molecular flexibility index (Phi) is 3.30. The molecule has 84 valence electrons. The number of benzene rings is 1. The molecule has 1 aromatic rings. The Labute approximate surface area is 94.2 Å². The van der Waals surface area contributed by atoms with Crippen LogP contribution in [0.3, 0.4) is 0 Å². The highest BCUT2D eigenvalue weighted by molar-refractivity contribution is 6.89. The van der Waals surface area contributed by atoms with E-state index < -0.39 is 16.9 Å². The second-order valence-electron chi connectivity index (χ2n) is 5.33. The van der Waals surface area contributed by atoms with Gasteiger partial charge >= 0.3 is 0 Å². The summed E-state index contributed by atoms with van der Waals surface area (Å²) in [5, 5.41) is 21.7. The van der Waals surface area contributed by atoms with Gasteiger partial charge in [0.05, 0.1) is 16.9 Å². The van der Waals surface area contributed by atoms with E-state index in [1.165, 1.54) is 0 Å². The fourth-order valence-corrected chi connectivity index (χ4v) is 4.23. The fourth-order valence-electron chi connectivity index (χ4n) is 1.66. The maximum absolute atomic E-state index is 9.95. The Morgan fingerprint density at radius 3 is 1.93 bits per heavy atom. The Balaban J connectivity index is 3.32. The van der Waals surface area contributed by atoms with E-state index in [0.29, 0.717) is 11.5 Å². The molecule has 0 aliphatic carbocycles. The molecule has 0 atom stereocenters. The molecule has 0 aromatic heterocycles. The lowest BCUT2D eigenvalue weighted by molar-refractivity contribution is 0.467. The summed E-state index contributed by atoms with van der Waals surface area (Å²) < 4.78 is 0. The van der Waals surface area contributed by atoms with Gasteiger partial charge in [-0.3, -0.25) is 0 Å². The normalized spacial score (nSPS) is 12.1. The molecule has 0 aliphatic heterocycles. The molecule has 0 fully saturated rings. The van der Waals surface area contributed by atoms with Crippen molar-refractivity contribution in [3.8, 4) is 11.5 Å². The van der Waals surface area contributed by atoms with Gasteiger partial charge in [0, 0.05) is 0 Å². The third-order valence-electron chi connectivity index (χ3n) is 2.58. The smallest absolute Gasteiger partial charge is 0.114 e. The second kappa shape index (κ2) is 4.02. The van der Waals surface area contributed by atoms with Gasteiger partial charge in [0.1, 0.15) is 11.5 Å². The van der Waals surface area contributed by atoms with Crippen molar-refractivity contribution in [3.63, 3.8) is 0 Å². The van der Waals surface area contributed by atoms with Gasteiger partial charge < -0.3 is 10.2 Å². The highest BCUT2D eigenvalue weighted by atomic mass is 28.3. The van der Waals surface area contributed by atoms with E-state index in [1.807, 2.05) is 0 Å². The largest absolute Gasteiger partial charge is 0.508 e. The van der Waals surface area contributed by atoms with Crippen LogP contribution in [0, 0.1) is 0 Å². The Bertz CT molecular complexity index is 368. The fraction of sp³-hybridized carbons (Fsp3) is 0.455. The standard InChI is InChI=1S/C11H20O2Si2/c1-14(2)10-6-9(13)11(7-8(10)12)15(3,4)5/h6-7,12-14H,1-5H3. The molecule has 0 unspecified atom stereocenters. The van der Waals surface area contributed by atoms with E-state index in [9.17, 15) is 10.2 Å². The molecule has 0 spiro atoms. The van der Waals surface area contributed by atoms with E-state index in [2.05, 4.69) is 32.7 Å². The highest BCUT2D eigenvalue weighted by Gasteiger charge is 2.22. The summed E-state index contributed by atoms with van der Waals surface area (Å²) in [5.41, 5.74) is 0. The summed E-state index contributed by atoms with van der Waals surface area (Å²) in [6, 6.07) is 3.53. The molecule has 1 aromatic carbocycles. The molecule has 0 saturated carbocycles. The van der Waals surface area contributed by atoms with Crippen molar-refractivity contribution in [2.45, 2.75) is 32.7 Å². The molecule has 0 bridgehead atoms. The van der Waals surface area contributed by atoms with Gasteiger partial charge in [0.15, 0.2) is 0 Å². The van der Waals surface area contributed by atoms with Crippen molar-refractivity contribution in [1.82, 2.24) is 0 Å². The van der Waals surface area contributed by atoms with Gasteiger partial charge in [-0.2, -0.15) is 0 Å². The molecule has 2 nitrogen and oxygen atoms in total. The summed E-state index contributed by atoms with van der Waals surface area (Å²) in [7, 11) is -2.63. The summed E-state index contributed by atoms with van der Waals surface area (Å²) in [5.74, 6) is 0.732. The Morgan fingerprint density at radius 1 is 1.00 bits per heavy atom. The lowest BCUT2D eigenvalue weighted by Gasteiger charge is -2.20. The van der Waals surface area contributed by atoms with E-state index in [-0.39, 0.29) is 0 Å². The minimum absolute atomic E-state index is 0.364. The predicted molar refractivity (Wildman–Crippen MR) is 71.3 cm³/mol. The zero-order valence-electron chi connectivity index (χ0n) is 10.1. The van der Waals surface area contributed by atoms with Crippen LogP contribution in [0.5, 0.6) is 11.5 Å². The number of phenolic OH excluding ortho intramolecular Hbond substituents is 2. The van der Waals surface area contributed by atoms with Crippen molar-refractivity contribution in [3.05, 3.63) is 12.1 Å². The predicted octanol–water partition coefficient (Wildman–Crippen LogP) is 1.34. The average Bonchev–Trinajstić information content (AvgIpc) is 2.06. The topological polar surface area (TPSA) is 40.5 Å².